The van der Waals surface area contributed by atoms with Gasteiger partial charge in [0.15, 0.2) is 0 Å². The van der Waals surface area contributed by atoms with Gasteiger partial charge in [0.1, 0.15) is 5.78 Å². The summed E-state index contributed by atoms with van der Waals surface area (Å²) < 4.78 is 12.6. The molecular formula is C18H20FNO. The molecule has 3 heteroatoms. The van der Waals surface area contributed by atoms with Crippen molar-refractivity contribution in [2.24, 2.45) is 5.73 Å². The minimum absolute atomic E-state index is 0.0904. The summed E-state index contributed by atoms with van der Waals surface area (Å²) in [5, 5.41) is 2.17. The van der Waals surface area contributed by atoms with Crippen molar-refractivity contribution in [2.75, 3.05) is 6.54 Å². The lowest BCUT2D eigenvalue weighted by Gasteiger charge is -2.10. The molecule has 2 nitrogen and oxygen atoms in total. The Hall–Kier alpha value is -2.00. The Balaban J connectivity index is 2.33. The van der Waals surface area contributed by atoms with Gasteiger partial charge in [0.25, 0.3) is 0 Å². The zero-order chi connectivity index (χ0) is 15.4. The Morgan fingerprint density at radius 3 is 2.52 bits per heavy atom. The topological polar surface area (TPSA) is 43.1 Å². The highest BCUT2D eigenvalue weighted by molar-refractivity contribution is 5.87. The molecule has 0 aliphatic rings. The number of carbonyl (C=O) groups excluding carboxylic acids is 1. The number of hydrogen-bond acceptors (Lipinski definition) is 2. The van der Waals surface area contributed by atoms with Crippen molar-refractivity contribution in [3.8, 4) is 0 Å². The van der Waals surface area contributed by atoms with E-state index in [0.717, 1.165) is 21.9 Å². The Bertz CT molecular complexity index is 691. The number of Topliss-reactive ketones (excluding diaryl/α,β-unsaturated/α-hetero) is 1. The first kappa shape index (κ1) is 15.4. The van der Waals surface area contributed by atoms with E-state index in [9.17, 15) is 9.18 Å². The highest BCUT2D eigenvalue weighted by atomic mass is 19.1. The maximum absolute atomic E-state index is 12.6. The van der Waals surface area contributed by atoms with Crippen LogP contribution in [0.4, 0.5) is 4.39 Å². The molecule has 21 heavy (non-hydrogen) atoms. The van der Waals surface area contributed by atoms with Crippen LogP contribution in [0.25, 0.3) is 10.8 Å². The van der Waals surface area contributed by atoms with E-state index in [4.69, 9.17) is 5.73 Å². The van der Waals surface area contributed by atoms with E-state index < -0.39 is 0 Å². The summed E-state index contributed by atoms with van der Waals surface area (Å²) in [6, 6.07) is 12.1. The summed E-state index contributed by atoms with van der Waals surface area (Å²) in [5.41, 5.74) is 8.12. The summed E-state index contributed by atoms with van der Waals surface area (Å²) in [6.45, 7) is 3.75. The normalized spacial score (nSPS) is 13.4. The second kappa shape index (κ2) is 6.64. The van der Waals surface area contributed by atoms with Gasteiger partial charge in [-0.3, -0.25) is 4.79 Å². The predicted molar refractivity (Wildman–Crippen MR) is 85.0 cm³/mol. The maximum Gasteiger partial charge on any atom is 0.136 e. The van der Waals surface area contributed by atoms with Crippen molar-refractivity contribution in [3.05, 3.63) is 59.4 Å². The summed E-state index contributed by atoms with van der Waals surface area (Å²) in [7, 11) is 0. The average Bonchev–Trinajstić information content (AvgIpc) is 2.51. The number of hydrogen-bond donors (Lipinski definition) is 1. The minimum Gasteiger partial charge on any atom is -0.327 e. The minimum atomic E-state index is -0.0904. The lowest BCUT2D eigenvalue weighted by molar-refractivity contribution is -0.118. The molecule has 2 rings (SSSR count). The van der Waals surface area contributed by atoms with Gasteiger partial charge in [0.2, 0.25) is 0 Å². The Kier molecular flexibility index (Phi) is 4.86. The Morgan fingerprint density at radius 1 is 1.24 bits per heavy atom. The molecular weight excluding hydrogens is 265 g/mol. The third-order valence-corrected chi connectivity index (χ3v) is 3.89. The van der Waals surface area contributed by atoms with Crippen LogP contribution in [-0.2, 0) is 11.2 Å². The van der Waals surface area contributed by atoms with Gasteiger partial charge in [0.05, 0.1) is 6.33 Å². The van der Waals surface area contributed by atoms with Crippen LogP contribution in [0.3, 0.4) is 0 Å². The zero-order valence-corrected chi connectivity index (χ0v) is 12.4. The average molecular weight is 285 g/mol. The van der Waals surface area contributed by atoms with Crippen molar-refractivity contribution in [1.29, 1.82) is 0 Å². The molecule has 0 bridgehead atoms. The van der Waals surface area contributed by atoms with Gasteiger partial charge >= 0.3 is 0 Å². The quantitative estimate of drug-likeness (QED) is 0.905. The number of nitrogens with two attached hydrogens (primary N) is 1. The van der Waals surface area contributed by atoms with Crippen molar-refractivity contribution in [2.45, 2.75) is 26.2 Å². The van der Waals surface area contributed by atoms with Gasteiger partial charge in [-0.2, -0.15) is 0 Å². The number of fused-ring (bicyclic) bond motifs is 1. The van der Waals surface area contributed by atoms with Crippen LogP contribution in [-0.4, -0.2) is 12.3 Å². The number of carbonyl (C=O) groups is 1. The number of rotatable bonds is 5. The summed E-state index contributed by atoms with van der Waals surface area (Å²) in [5.74, 6) is 0.0685. The fourth-order valence-electron chi connectivity index (χ4n) is 2.35. The summed E-state index contributed by atoms with van der Waals surface area (Å²) in [6.07, 6.45) is 1.11. The predicted octanol–water partition coefficient (Wildman–Crippen LogP) is 3.89. The van der Waals surface area contributed by atoms with E-state index in [2.05, 4.69) is 0 Å². The molecule has 0 fully saturated rings. The molecule has 0 radical (unpaired) electrons. The molecule has 0 aliphatic carbocycles. The van der Waals surface area contributed by atoms with Crippen LogP contribution >= 0.6 is 0 Å². The van der Waals surface area contributed by atoms with E-state index in [1.54, 1.807) is 6.92 Å². The fourth-order valence-corrected chi connectivity index (χ4v) is 2.35. The van der Waals surface area contributed by atoms with E-state index in [1.807, 2.05) is 43.3 Å². The van der Waals surface area contributed by atoms with Crippen molar-refractivity contribution in [3.63, 3.8) is 0 Å². The monoisotopic (exact) mass is 285 g/mol. The third-order valence-electron chi connectivity index (χ3n) is 3.89. The summed E-state index contributed by atoms with van der Waals surface area (Å²) >= 11 is 0. The second-order valence-corrected chi connectivity index (χ2v) is 5.42. The molecule has 0 saturated heterocycles. The molecule has 0 aliphatic heterocycles. The highest BCUT2D eigenvalue weighted by Gasteiger charge is 2.11. The van der Waals surface area contributed by atoms with Gasteiger partial charge in [-0.15, -0.1) is 0 Å². The number of halogens is 1. The van der Waals surface area contributed by atoms with Crippen molar-refractivity contribution >= 4 is 16.6 Å². The molecule has 110 valence electrons. The number of benzene rings is 2. The van der Waals surface area contributed by atoms with Crippen LogP contribution < -0.4 is 5.73 Å². The van der Waals surface area contributed by atoms with Crippen molar-refractivity contribution in [1.82, 2.24) is 0 Å². The SMILES string of the molecule is CC(=O)C(C)c1ccc2cc(C/C(=C/F)CN)ccc2c1. The molecule has 2 N–H and O–H groups in total. The molecule has 0 saturated carbocycles. The number of ketones is 1. The van der Waals surface area contributed by atoms with E-state index in [-0.39, 0.29) is 18.2 Å². The summed E-state index contributed by atoms with van der Waals surface area (Å²) in [4.78, 5) is 11.5. The largest absolute Gasteiger partial charge is 0.327 e. The van der Waals surface area contributed by atoms with E-state index >= 15 is 0 Å². The molecule has 1 atom stereocenters. The van der Waals surface area contributed by atoms with Gasteiger partial charge in [-0.25, -0.2) is 4.39 Å². The fraction of sp³-hybridized carbons (Fsp3) is 0.278. The van der Waals surface area contributed by atoms with Crippen LogP contribution in [0.5, 0.6) is 0 Å². The first-order valence-electron chi connectivity index (χ1n) is 7.06. The van der Waals surface area contributed by atoms with Gasteiger partial charge < -0.3 is 5.73 Å². The standard InChI is InChI=1S/C18H20FNO/c1-12(13(2)21)16-5-6-17-8-14(3-4-18(17)9-16)7-15(10-19)11-20/h3-6,8-10,12H,7,11,20H2,1-2H3/b15-10-. The van der Waals surface area contributed by atoms with Gasteiger partial charge in [-0.1, -0.05) is 43.3 Å². The molecule has 2 aromatic carbocycles. The molecule has 0 heterocycles. The van der Waals surface area contributed by atoms with E-state index in [1.165, 1.54) is 0 Å². The first-order chi connectivity index (χ1) is 10.0. The highest BCUT2D eigenvalue weighted by Crippen LogP contribution is 2.24. The van der Waals surface area contributed by atoms with Crippen molar-refractivity contribution < 1.29 is 9.18 Å². The molecule has 0 aromatic heterocycles. The Morgan fingerprint density at radius 2 is 1.90 bits per heavy atom. The molecule has 0 spiro atoms. The van der Waals surface area contributed by atoms with Crippen LogP contribution in [0.2, 0.25) is 0 Å². The lowest BCUT2D eigenvalue weighted by atomic mass is 9.94. The molecule has 0 amide bonds. The maximum atomic E-state index is 12.6. The zero-order valence-electron chi connectivity index (χ0n) is 12.4. The smallest absolute Gasteiger partial charge is 0.136 e. The van der Waals surface area contributed by atoms with Crippen LogP contribution in [0.1, 0.15) is 30.9 Å². The third kappa shape index (κ3) is 3.56. The van der Waals surface area contributed by atoms with E-state index in [0.29, 0.717) is 18.3 Å². The molecule has 2 aromatic rings. The first-order valence-corrected chi connectivity index (χ1v) is 7.06. The van der Waals surface area contributed by atoms with Gasteiger partial charge in [0, 0.05) is 12.5 Å². The lowest BCUT2D eigenvalue weighted by Crippen LogP contribution is -2.05. The van der Waals surface area contributed by atoms with Crippen LogP contribution in [0, 0.1) is 0 Å². The second-order valence-electron chi connectivity index (χ2n) is 5.42. The van der Waals surface area contributed by atoms with Crippen LogP contribution in [0.15, 0.2) is 48.3 Å². The Labute approximate surface area is 124 Å². The molecule has 1 unspecified atom stereocenters. The van der Waals surface area contributed by atoms with Gasteiger partial charge in [-0.05, 0) is 40.8 Å².